The first-order valence-corrected chi connectivity index (χ1v) is 10.5. The number of nitrogens with zero attached hydrogens (tertiary/aromatic N) is 3. The van der Waals surface area contributed by atoms with Gasteiger partial charge in [0.1, 0.15) is 5.75 Å². The van der Waals surface area contributed by atoms with Gasteiger partial charge < -0.3 is 19.9 Å². The first kappa shape index (κ1) is 24.4. The van der Waals surface area contributed by atoms with Gasteiger partial charge in [0.25, 0.3) is 0 Å². The van der Waals surface area contributed by atoms with Crippen LogP contribution in [0.25, 0.3) is 0 Å². The van der Waals surface area contributed by atoms with Crippen LogP contribution in [-0.2, 0) is 15.8 Å². The average molecular weight is 464 g/mol. The van der Waals surface area contributed by atoms with E-state index >= 15 is 0 Å². The zero-order valence-electron chi connectivity index (χ0n) is 18.6. The molecule has 0 radical (unpaired) electrons. The number of carbonyl (C=O) groups is 2. The number of rotatable bonds is 7. The number of ether oxygens (including phenoxy) is 1. The summed E-state index contributed by atoms with van der Waals surface area (Å²) in [5.41, 5.74) is -0.334. The fourth-order valence-electron chi connectivity index (χ4n) is 3.72. The number of benzene rings is 2. The first-order chi connectivity index (χ1) is 15.7. The number of hydrogen-bond donors (Lipinski definition) is 1. The molecule has 33 heavy (non-hydrogen) atoms. The highest BCUT2D eigenvalue weighted by Crippen LogP contribution is 2.34. The van der Waals surface area contributed by atoms with Crippen LogP contribution in [0.3, 0.4) is 0 Å². The van der Waals surface area contributed by atoms with Crippen molar-refractivity contribution in [2.75, 3.05) is 63.6 Å². The summed E-state index contributed by atoms with van der Waals surface area (Å²) in [6, 6.07) is 12.3. The zero-order valence-corrected chi connectivity index (χ0v) is 18.6. The Morgan fingerprint density at radius 1 is 1.03 bits per heavy atom. The second-order valence-electron chi connectivity index (χ2n) is 7.78. The predicted molar refractivity (Wildman–Crippen MR) is 119 cm³/mol. The molecular weight excluding hydrogens is 437 g/mol. The average Bonchev–Trinajstić information content (AvgIpc) is 2.79. The third kappa shape index (κ3) is 6.38. The van der Waals surface area contributed by atoms with Gasteiger partial charge in [-0.15, -0.1) is 0 Å². The maximum Gasteiger partial charge on any atom is 0.418 e. The predicted octanol–water partition coefficient (Wildman–Crippen LogP) is 2.93. The van der Waals surface area contributed by atoms with Gasteiger partial charge in [-0.05, 0) is 24.3 Å². The molecule has 2 aromatic rings. The smallest absolute Gasteiger partial charge is 0.418 e. The molecule has 1 fully saturated rings. The number of anilines is 2. The van der Waals surface area contributed by atoms with Gasteiger partial charge in [-0.25, -0.2) is 0 Å². The Kier molecular flexibility index (Phi) is 7.80. The minimum atomic E-state index is -4.55. The van der Waals surface area contributed by atoms with Gasteiger partial charge >= 0.3 is 6.18 Å². The number of amides is 2. The van der Waals surface area contributed by atoms with Crippen molar-refractivity contribution in [2.24, 2.45) is 0 Å². The number of carbonyl (C=O) groups excluding carboxylic acids is 2. The molecule has 0 spiro atoms. The van der Waals surface area contributed by atoms with Gasteiger partial charge in [0.05, 0.1) is 37.1 Å². The molecule has 0 atom stereocenters. The number of piperazine rings is 1. The standard InChI is InChI=1S/C23H27F3N4O3/c1-28(19-9-5-6-10-20(19)33-2)16-22(32)30-13-11-29(12-14-30)15-21(31)27-18-8-4-3-7-17(18)23(24,25)26/h3-10H,11-16H2,1-2H3,(H,27,31). The van der Waals surface area contributed by atoms with E-state index < -0.39 is 17.6 Å². The Morgan fingerprint density at radius 3 is 2.33 bits per heavy atom. The van der Waals surface area contributed by atoms with Crippen molar-refractivity contribution in [1.82, 2.24) is 9.80 Å². The highest BCUT2D eigenvalue weighted by Gasteiger charge is 2.33. The van der Waals surface area contributed by atoms with Crippen LogP contribution in [-0.4, -0.2) is 75.0 Å². The molecular formula is C23H27F3N4O3. The largest absolute Gasteiger partial charge is 0.495 e. The second kappa shape index (κ2) is 10.6. The molecule has 0 saturated carbocycles. The zero-order chi connectivity index (χ0) is 24.0. The molecule has 1 saturated heterocycles. The lowest BCUT2D eigenvalue weighted by Crippen LogP contribution is -2.52. The number of para-hydroxylation sites is 3. The topological polar surface area (TPSA) is 65.1 Å². The molecule has 1 aliphatic rings. The van der Waals surface area contributed by atoms with Crippen LogP contribution in [0.1, 0.15) is 5.56 Å². The summed E-state index contributed by atoms with van der Waals surface area (Å²) in [7, 11) is 3.39. The van der Waals surface area contributed by atoms with E-state index in [9.17, 15) is 22.8 Å². The number of alkyl halides is 3. The van der Waals surface area contributed by atoms with Gasteiger partial charge in [-0.3, -0.25) is 14.5 Å². The van der Waals surface area contributed by atoms with E-state index in [-0.39, 0.29) is 24.7 Å². The quantitative estimate of drug-likeness (QED) is 0.683. The number of likely N-dealkylation sites (N-methyl/N-ethyl adjacent to an activating group) is 1. The van der Waals surface area contributed by atoms with Crippen molar-refractivity contribution in [2.45, 2.75) is 6.18 Å². The highest BCUT2D eigenvalue weighted by molar-refractivity contribution is 5.93. The highest BCUT2D eigenvalue weighted by atomic mass is 19.4. The molecule has 1 N–H and O–H groups in total. The lowest BCUT2D eigenvalue weighted by molar-refractivity contribution is -0.137. The molecule has 1 heterocycles. The molecule has 0 bridgehead atoms. The van der Waals surface area contributed by atoms with E-state index in [1.54, 1.807) is 12.0 Å². The summed E-state index contributed by atoms with van der Waals surface area (Å²) in [4.78, 5) is 30.4. The van der Waals surface area contributed by atoms with Gasteiger partial charge in [-0.1, -0.05) is 24.3 Å². The summed E-state index contributed by atoms with van der Waals surface area (Å²) < 4.78 is 44.7. The lowest BCUT2D eigenvalue weighted by atomic mass is 10.1. The molecule has 1 aliphatic heterocycles. The molecule has 2 aromatic carbocycles. The van der Waals surface area contributed by atoms with Crippen LogP contribution in [0.4, 0.5) is 24.5 Å². The minimum absolute atomic E-state index is 0.0463. The molecule has 7 nitrogen and oxygen atoms in total. The molecule has 0 aromatic heterocycles. The molecule has 178 valence electrons. The monoisotopic (exact) mass is 464 g/mol. The summed E-state index contributed by atoms with van der Waals surface area (Å²) in [5.74, 6) is 0.102. The van der Waals surface area contributed by atoms with Crippen molar-refractivity contribution in [1.29, 1.82) is 0 Å². The summed E-state index contributed by atoms with van der Waals surface area (Å²) in [6.07, 6.45) is -4.55. The van der Waals surface area contributed by atoms with Crippen molar-refractivity contribution in [3.8, 4) is 5.75 Å². The Balaban J connectivity index is 1.49. The number of nitrogens with one attached hydrogen (secondary N) is 1. The maximum atomic E-state index is 13.1. The number of methoxy groups -OCH3 is 1. The Morgan fingerprint density at radius 2 is 1.67 bits per heavy atom. The number of halogens is 3. The Bertz CT molecular complexity index is 975. The third-order valence-electron chi connectivity index (χ3n) is 5.47. The van der Waals surface area contributed by atoms with Crippen LogP contribution >= 0.6 is 0 Å². The summed E-state index contributed by atoms with van der Waals surface area (Å²) >= 11 is 0. The van der Waals surface area contributed by atoms with Crippen molar-refractivity contribution >= 4 is 23.2 Å². The first-order valence-electron chi connectivity index (χ1n) is 10.5. The van der Waals surface area contributed by atoms with E-state index in [0.717, 1.165) is 11.8 Å². The molecule has 0 aliphatic carbocycles. The van der Waals surface area contributed by atoms with Crippen LogP contribution < -0.4 is 15.0 Å². The summed E-state index contributed by atoms with van der Waals surface area (Å²) in [6.45, 7) is 1.91. The molecule has 2 amide bonds. The van der Waals surface area contributed by atoms with E-state index in [4.69, 9.17) is 4.74 Å². The fourth-order valence-corrected chi connectivity index (χ4v) is 3.72. The van der Waals surface area contributed by atoms with E-state index in [0.29, 0.717) is 31.9 Å². The van der Waals surface area contributed by atoms with E-state index in [1.807, 2.05) is 41.1 Å². The third-order valence-corrected chi connectivity index (χ3v) is 5.47. The molecule has 10 heteroatoms. The van der Waals surface area contributed by atoms with Crippen LogP contribution in [0, 0.1) is 0 Å². The summed E-state index contributed by atoms with van der Waals surface area (Å²) in [5, 5.41) is 2.35. The minimum Gasteiger partial charge on any atom is -0.495 e. The lowest BCUT2D eigenvalue weighted by Gasteiger charge is -2.35. The SMILES string of the molecule is COc1ccccc1N(C)CC(=O)N1CCN(CC(=O)Nc2ccccc2C(F)(F)F)CC1. The normalized spacial score (nSPS) is 14.6. The molecule has 0 unspecified atom stereocenters. The number of hydrogen-bond acceptors (Lipinski definition) is 5. The van der Waals surface area contributed by atoms with Crippen molar-refractivity contribution in [3.05, 3.63) is 54.1 Å². The molecule has 3 rings (SSSR count). The van der Waals surface area contributed by atoms with E-state index in [2.05, 4.69) is 5.32 Å². The van der Waals surface area contributed by atoms with Gasteiger partial charge in [0.15, 0.2) is 0 Å². The van der Waals surface area contributed by atoms with Crippen LogP contribution in [0.15, 0.2) is 48.5 Å². The maximum absolute atomic E-state index is 13.1. The van der Waals surface area contributed by atoms with Crippen LogP contribution in [0.5, 0.6) is 5.75 Å². The Hall–Kier alpha value is -3.27. The van der Waals surface area contributed by atoms with Crippen molar-refractivity contribution < 1.29 is 27.5 Å². The van der Waals surface area contributed by atoms with Crippen LogP contribution in [0.2, 0.25) is 0 Å². The second-order valence-corrected chi connectivity index (χ2v) is 7.78. The van der Waals surface area contributed by atoms with Gasteiger partial charge in [0, 0.05) is 33.2 Å². The van der Waals surface area contributed by atoms with Gasteiger partial charge in [-0.2, -0.15) is 13.2 Å². The Labute approximate surface area is 190 Å². The van der Waals surface area contributed by atoms with Gasteiger partial charge in [0.2, 0.25) is 11.8 Å². The van der Waals surface area contributed by atoms with Crippen molar-refractivity contribution in [3.63, 3.8) is 0 Å². The van der Waals surface area contributed by atoms with E-state index in [1.165, 1.54) is 18.2 Å². The fraction of sp³-hybridized carbons (Fsp3) is 0.391.